The van der Waals surface area contributed by atoms with Gasteiger partial charge in [-0.1, -0.05) is 102 Å². The molecule has 12 rings (SSSR count). The van der Waals surface area contributed by atoms with Crippen LogP contribution < -0.4 is 0 Å². The summed E-state index contributed by atoms with van der Waals surface area (Å²) in [6.45, 7) is 8.37. The van der Waals surface area contributed by atoms with Gasteiger partial charge in [0.25, 0.3) is 0 Å². The van der Waals surface area contributed by atoms with E-state index in [0.717, 1.165) is 12.8 Å². The summed E-state index contributed by atoms with van der Waals surface area (Å²) < 4.78 is 210. The van der Waals surface area contributed by atoms with Gasteiger partial charge in [0.05, 0.1) is 40.7 Å². The average molecular weight is 1290 g/mol. The van der Waals surface area contributed by atoms with Gasteiger partial charge >= 0.3 is 17.9 Å². The van der Waals surface area contributed by atoms with Gasteiger partial charge < -0.3 is 46.0 Å². The Morgan fingerprint density at radius 2 is 0.667 bits per heavy atom. The predicted octanol–water partition coefficient (Wildman–Crippen LogP) is 15.3. The number of aliphatic carboxylic acids is 3. The standard InChI is InChI=1S/3C26H44O4/c3*1-5-17-21-14-16(27)10-12-26(21,4)20-11-13-25(3)18(15(2)6-9-22(28)29)7-8-19(25)23(20)24(17)30/h3*15-21,23-24,27,30H,5-14H2,1-4H3,(H,28,29)/t15-,16-,17+,18-,19+,20+,21+,23+,24-,25-,26-;2*15-,16-,17-,18-,19+,20+,21+,23+,24-,25-,26-/m111/s1/i1D3,5D2,9D2,17D,24D;2*1D3,5D2,9D2,24D. The number of hydrogen-bond acceptors (Lipinski definition) is 9. The van der Waals surface area contributed by atoms with Gasteiger partial charge in [0.2, 0.25) is 0 Å². The van der Waals surface area contributed by atoms with Gasteiger partial charge in [-0.05, 0) is 311 Å². The van der Waals surface area contributed by atoms with Crippen molar-refractivity contribution in [3.63, 3.8) is 0 Å². The first-order valence-corrected chi connectivity index (χ1v) is 35.2. The van der Waals surface area contributed by atoms with Crippen molar-refractivity contribution in [3.05, 3.63) is 0 Å². The van der Waals surface area contributed by atoms with E-state index in [9.17, 15) is 65.8 Å². The van der Waals surface area contributed by atoms with Crippen molar-refractivity contribution in [1.29, 1.82) is 0 Å². The van der Waals surface area contributed by atoms with Crippen LogP contribution in [0.5, 0.6) is 0 Å². The summed E-state index contributed by atoms with van der Waals surface area (Å²) in [5.41, 5.74) is -3.19. The fourth-order valence-corrected chi connectivity index (χ4v) is 25.5. The minimum atomic E-state index is -3.28. The van der Waals surface area contributed by atoms with Gasteiger partial charge in [0.1, 0.15) is 0 Å². The van der Waals surface area contributed by atoms with Crippen molar-refractivity contribution in [1.82, 2.24) is 0 Å². The summed E-state index contributed by atoms with van der Waals surface area (Å²) in [4.78, 5) is 34.4. The van der Waals surface area contributed by atoms with Crippen LogP contribution in [0.4, 0.5) is 0 Å². The molecular weight excluding hydrogens is 1130 g/mol. The second-order valence-electron chi connectivity index (χ2n) is 33.5. The van der Waals surface area contributed by atoms with E-state index in [1.54, 1.807) is 0 Å². The highest BCUT2D eigenvalue weighted by Gasteiger charge is 2.69. The number of fused-ring (bicyclic) bond motifs is 15. The van der Waals surface area contributed by atoms with Crippen LogP contribution in [0.1, 0.15) is 309 Å². The van der Waals surface area contributed by atoms with E-state index in [0.29, 0.717) is 103 Å². The molecule has 33 atom stereocenters. The first-order chi connectivity index (χ1) is 51.7. The monoisotopic (exact) mass is 1290 g/mol. The maximum absolute atomic E-state index is 12.1. The van der Waals surface area contributed by atoms with Crippen molar-refractivity contribution in [3.8, 4) is 0 Å². The highest BCUT2D eigenvalue weighted by atomic mass is 16.4. The fraction of sp³-hybridized carbons (Fsp3) is 0.962. The second kappa shape index (κ2) is 27.2. The van der Waals surface area contributed by atoms with Crippen LogP contribution in [0.25, 0.3) is 0 Å². The molecule has 0 saturated heterocycles. The van der Waals surface area contributed by atoms with Crippen molar-refractivity contribution in [2.75, 3.05) is 0 Å². The second-order valence-corrected chi connectivity index (χ2v) is 33.5. The molecule has 0 aromatic carbocycles. The lowest BCUT2D eigenvalue weighted by molar-refractivity contribution is -0.203. The van der Waals surface area contributed by atoms with E-state index in [1.807, 2.05) is 48.5 Å². The Kier molecular flexibility index (Phi) is 13.6. The number of carboxylic acid groups (broad SMARTS) is 3. The topological polar surface area (TPSA) is 233 Å². The summed E-state index contributed by atoms with van der Waals surface area (Å²) in [6, 6.07) is 0. The minimum absolute atomic E-state index is 0.0322. The zero-order valence-corrected chi connectivity index (χ0v) is 55.5. The molecule has 12 heteroatoms. The van der Waals surface area contributed by atoms with Crippen molar-refractivity contribution < 1.29 is 94.6 Å². The number of aliphatic hydroxyl groups is 6. The third kappa shape index (κ3) is 12.2. The zero-order valence-electron chi connectivity index (χ0n) is 80.5. The molecule has 0 amide bonds. The smallest absolute Gasteiger partial charge is 0.303 e. The maximum Gasteiger partial charge on any atom is 0.303 e. The van der Waals surface area contributed by atoms with E-state index in [4.69, 9.17) is 28.8 Å². The molecule has 12 nitrogen and oxygen atoms in total. The summed E-state index contributed by atoms with van der Waals surface area (Å²) in [7, 11) is 0. The number of carbonyl (C=O) groups is 3. The predicted molar refractivity (Wildman–Crippen MR) is 353 cm³/mol. The summed E-state index contributed by atoms with van der Waals surface area (Å²) in [6.07, 6.45) is -15.1. The van der Waals surface area contributed by atoms with Gasteiger partial charge in [-0.3, -0.25) is 14.4 Å². The Balaban J connectivity index is 0.000000182. The molecule has 0 unspecified atom stereocenters. The van der Waals surface area contributed by atoms with Gasteiger partial charge in [-0.15, -0.1) is 0 Å². The highest BCUT2D eigenvalue weighted by molar-refractivity contribution is 5.67. The molecule has 0 radical (unpaired) electrons. The molecule has 516 valence electrons. The quantitative estimate of drug-likeness (QED) is 0.0745. The Hall–Kier alpha value is -1.83. The first-order valence-electron chi connectivity index (χ1n) is 47.7. The number of aliphatic hydroxyl groups excluding tert-OH is 3. The molecule has 12 saturated carbocycles. The molecule has 0 heterocycles. The van der Waals surface area contributed by atoms with Crippen LogP contribution in [0.2, 0.25) is 0 Å². The Morgan fingerprint density at radius 1 is 0.389 bits per heavy atom. The highest BCUT2D eigenvalue weighted by Crippen LogP contribution is 2.73. The zero-order chi connectivity index (χ0) is 87.5. The SMILES string of the molecule is [2H]C([2H])(C[C@@H](C)[C@H]1CC[C@H]2[C@H]3[C@H](CC[C@]12C)[C@@]1(C)CC[C@@H](O)C[C@H]1[C@@H](C([2H])([2H])C([2H])([2H])[2H])[C@@]3([2H])O)C(=O)O.[2H]C([2H])(C[C@@H](C)[C@H]1CC[C@H]2[C@H]3[C@H](CC[C@]12C)[C@@]1(C)CC[C@@H](O)C[C@H]1[C@@H](C([2H])([2H])C([2H])([2H])[2H])[C@@]3([2H])O)C(=O)O.[2H]C([2H])(C[C@@H](C)[C@H]1CC[C@H]2[C@H]3[C@H](CC[C@]12C)[C@@]1(C)CC[C@@H](O)C[C@H]1[C@]([2H])(C([2H])([2H])C([2H])([2H])[2H])[C@@]3([2H])O)C(=O)O. The first kappa shape index (κ1) is 44.9. The summed E-state index contributed by atoms with van der Waals surface area (Å²) in [5.74, 6) is -17.2. The lowest BCUT2D eigenvalue weighted by Gasteiger charge is -2.64. The van der Waals surface area contributed by atoms with Crippen LogP contribution in [0, 0.1) is 157 Å². The van der Waals surface area contributed by atoms with Gasteiger partial charge in [0, 0.05) is 49.3 Å². The van der Waals surface area contributed by atoms with Gasteiger partial charge in [0.15, 0.2) is 0 Å². The average Bonchev–Trinajstić information content (AvgIpc) is 1.65. The van der Waals surface area contributed by atoms with Crippen molar-refractivity contribution >= 4 is 17.9 Å². The minimum Gasteiger partial charge on any atom is -0.481 e. The molecule has 12 aliphatic rings. The summed E-state index contributed by atoms with van der Waals surface area (Å²) in [5, 5.41) is 96.0. The molecule has 0 aromatic rings. The van der Waals surface area contributed by atoms with Crippen LogP contribution in [-0.2, 0) is 14.4 Å². The Morgan fingerprint density at radius 3 is 0.978 bits per heavy atom. The number of hydrogen-bond donors (Lipinski definition) is 9. The largest absolute Gasteiger partial charge is 0.481 e. The van der Waals surface area contributed by atoms with Crippen LogP contribution in [0.15, 0.2) is 0 Å². The van der Waals surface area contributed by atoms with E-state index in [-0.39, 0.29) is 110 Å². The van der Waals surface area contributed by atoms with E-state index in [1.165, 1.54) is 0 Å². The molecule has 90 heavy (non-hydrogen) atoms. The third-order valence-electron chi connectivity index (χ3n) is 30.0. The van der Waals surface area contributed by atoms with Crippen LogP contribution in [-0.4, -0.2) is 100 Å². The number of carboxylic acids is 3. The van der Waals surface area contributed by atoms with Crippen LogP contribution in [0.3, 0.4) is 0 Å². The molecule has 12 fully saturated rings. The van der Waals surface area contributed by atoms with Crippen molar-refractivity contribution in [2.24, 2.45) is 157 Å². The van der Waals surface area contributed by atoms with E-state index >= 15 is 0 Å². The van der Waals surface area contributed by atoms with E-state index < -0.39 is 199 Å². The summed E-state index contributed by atoms with van der Waals surface area (Å²) >= 11 is 0. The van der Waals surface area contributed by atoms with Crippen molar-refractivity contribution in [2.45, 2.75) is 312 Å². The van der Waals surface area contributed by atoms with Gasteiger partial charge in [-0.2, -0.15) is 0 Å². The Labute approximate surface area is 580 Å². The normalized spacial score (nSPS) is 60.3. The maximum atomic E-state index is 12.1. The molecular formula is C78H132O12. The molecule has 0 bridgehead atoms. The van der Waals surface area contributed by atoms with Gasteiger partial charge in [-0.25, -0.2) is 0 Å². The number of rotatable bonds is 15. The lowest BCUT2D eigenvalue weighted by atomic mass is 9.41. The molecule has 9 N–H and O–H groups in total. The molecule has 0 aromatic heterocycles. The van der Waals surface area contributed by atoms with E-state index in [2.05, 4.69) is 13.8 Å². The third-order valence-corrected chi connectivity index (χ3v) is 30.0. The fourth-order valence-electron chi connectivity index (χ4n) is 25.5. The molecule has 0 aliphatic heterocycles. The Bertz CT molecular complexity index is 3430. The molecule has 12 aliphatic carbocycles. The van der Waals surface area contributed by atoms with Crippen LogP contribution >= 0.6 is 0 Å². The lowest BCUT2D eigenvalue weighted by Crippen LogP contribution is -2.62. The molecule has 0 spiro atoms.